The van der Waals surface area contributed by atoms with Crippen LogP contribution in [-0.4, -0.2) is 25.0 Å². The monoisotopic (exact) mass is 311 g/mol. The molecule has 0 heterocycles. The molecule has 1 aliphatic carbocycles. The third-order valence-corrected chi connectivity index (χ3v) is 5.53. The van der Waals surface area contributed by atoms with Gasteiger partial charge in [0.15, 0.2) is 0 Å². The SMILES string of the molecule is CC(C)(C)c1ccc(S(=O)(=O)NC2(C(=O)O)CCC2)cc1. The van der Waals surface area contributed by atoms with Gasteiger partial charge in [-0.15, -0.1) is 0 Å². The van der Waals surface area contributed by atoms with Crippen molar-refractivity contribution in [2.24, 2.45) is 0 Å². The molecule has 2 N–H and O–H groups in total. The molecule has 5 nitrogen and oxygen atoms in total. The number of rotatable bonds is 4. The minimum Gasteiger partial charge on any atom is -0.480 e. The van der Waals surface area contributed by atoms with E-state index in [9.17, 15) is 18.3 Å². The summed E-state index contributed by atoms with van der Waals surface area (Å²) in [6.07, 6.45) is 1.39. The predicted octanol–water partition coefficient (Wildman–Crippen LogP) is 2.27. The lowest BCUT2D eigenvalue weighted by Gasteiger charge is -2.37. The fourth-order valence-corrected chi connectivity index (χ4v) is 3.76. The quantitative estimate of drug-likeness (QED) is 0.893. The number of carboxylic acids is 1. The highest BCUT2D eigenvalue weighted by Gasteiger charge is 2.47. The summed E-state index contributed by atoms with van der Waals surface area (Å²) >= 11 is 0. The first-order valence-corrected chi connectivity index (χ1v) is 8.43. The van der Waals surface area contributed by atoms with Crippen molar-refractivity contribution in [3.63, 3.8) is 0 Å². The van der Waals surface area contributed by atoms with E-state index in [1.807, 2.05) is 20.8 Å². The van der Waals surface area contributed by atoms with Gasteiger partial charge in [-0.3, -0.25) is 4.79 Å². The molecule has 2 rings (SSSR count). The first-order chi connectivity index (χ1) is 9.57. The second-order valence-electron chi connectivity index (χ2n) is 6.62. The van der Waals surface area contributed by atoms with Gasteiger partial charge < -0.3 is 5.11 Å². The van der Waals surface area contributed by atoms with Gasteiger partial charge >= 0.3 is 5.97 Å². The van der Waals surface area contributed by atoms with Gasteiger partial charge in [0, 0.05) is 0 Å². The summed E-state index contributed by atoms with van der Waals surface area (Å²) in [5.41, 5.74) is -0.369. The number of hydrogen-bond acceptors (Lipinski definition) is 3. The van der Waals surface area contributed by atoms with E-state index in [1.54, 1.807) is 12.1 Å². The molecule has 0 aliphatic heterocycles. The Morgan fingerprint density at radius 2 is 1.71 bits per heavy atom. The van der Waals surface area contributed by atoms with Crippen molar-refractivity contribution in [2.45, 2.75) is 55.9 Å². The van der Waals surface area contributed by atoms with Crippen LogP contribution in [0.2, 0.25) is 0 Å². The Balaban J connectivity index is 2.26. The zero-order valence-electron chi connectivity index (χ0n) is 12.5. The van der Waals surface area contributed by atoms with Gasteiger partial charge in [-0.2, -0.15) is 4.72 Å². The number of aliphatic carboxylic acids is 1. The summed E-state index contributed by atoms with van der Waals surface area (Å²) in [6, 6.07) is 6.58. The molecule has 116 valence electrons. The Morgan fingerprint density at radius 1 is 1.19 bits per heavy atom. The minimum absolute atomic E-state index is 0.0635. The van der Waals surface area contributed by atoms with Crippen LogP contribution >= 0.6 is 0 Å². The van der Waals surface area contributed by atoms with Crippen molar-refractivity contribution in [1.82, 2.24) is 4.72 Å². The molecule has 0 bridgehead atoms. The molecule has 0 saturated heterocycles. The molecule has 1 aromatic carbocycles. The average molecular weight is 311 g/mol. The van der Waals surface area contributed by atoms with Crippen molar-refractivity contribution in [1.29, 1.82) is 0 Å². The lowest BCUT2D eigenvalue weighted by Crippen LogP contribution is -2.58. The zero-order chi connectivity index (χ0) is 15.9. The predicted molar refractivity (Wildman–Crippen MR) is 79.7 cm³/mol. The van der Waals surface area contributed by atoms with Crippen molar-refractivity contribution in [3.8, 4) is 0 Å². The van der Waals surface area contributed by atoms with Gasteiger partial charge in [0.05, 0.1) is 4.90 Å². The molecule has 1 aromatic rings. The minimum atomic E-state index is -3.82. The second-order valence-corrected chi connectivity index (χ2v) is 8.30. The van der Waals surface area contributed by atoms with Gasteiger partial charge in [0.1, 0.15) is 5.54 Å². The third-order valence-electron chi connectivity index (χ3n) is 3.98. The molecule has 21 heavy (non-hydrogen) atoms. The molecule has 0 aromatic heterocycles. The topological polar surface area (TPSA) is 83.5 Å². The van der Waals surface area contributed by atoms with Crippen LogP contribution in [0.3, 0.4) is 0 Å². The lowest BCUT2D eigenvalue weighted by molar-refractivity contribution is -0.147. The van der Waals surface area contributed by atoms with Crippen LogP contribution in [0.15, 0.2) is 29.2 Å². The van der Waals surface area contributed by atoms with Crippen molar-refractivity contribution in [3.05, 3.63) is 29.8 Å². The molecule has 0 amide bonds. The standard InChI is InChI=1S/C15H21NO4S/c1-14(2,3)11-5-7-12(8-6-11)21(19,20)16-15(13(17)18)9-4-10-15/h5-8,16H,4,9-10H2,1-3H3,(H,17,18). The van der Waals surface area contributed by atoms with Crippen LogP contribution in [0.25, 0.3) is 0 Å². The van der Waals surface area contributed by atoms with Crippen LogP contribution < -0.4 is 4.72 Å². The zero-order valence-corrected chi connectivity index (χ0v) is 13.3. The smallest absolute Gasteiger partial charge is 0.324 e. The van der Waals surface area contributed by atoms with Crippen LogP contribution in [0.4, 0.5) is 0 Å². The van der Waals surface area contributed by atoms with E-state index in [0.29, 0.717) is 12.8 Å². The lowest BCUT2D eigenvalue weighted by atomic mass is 9.78. The number of carboxylic acid groups (broad SMARTS) is 1. The van der Waals surface area contributed by atoms with Gasteiger partial charge in [0.25, 0.3) is 0 Å². The third kappa shape index (κ3) is 3.11. The van der Waals surface area contributed by atoms with E-state index < -0.39 is 21.5 Å². The number of sulfonamides is 1. The van der Waals surface area contributed by atoms with Gasteiger partial charge in [0.2, 0.25) is 10.0 Å². The number of nitrogens with one attached hydrogen (secondary N) is 1. The fourth-order valence-electron chi connectivity index (χ4n) is 2.34. The summed E-state index contributed by atoms with van der Waals surface area (Å²) in [7, 11) is -3.82. The second kappa shape index (κ2) is 5.10. The van der Waals surface area contributed by atoms with E-state index in [-0.39, 0.29) is 10.3 Å². The van der Waals surface area contributed by atoms with Gasteiger partial charge in [-0.25, -0.2) is 8.42 Å². The summed E-state index contributed by atoms with van der Waals surface area (Å²) in [5, 5.41) is 9.22. The number of benzene rings is 1. The van der Waals surface area contributed by atoms with Crippen LogP contribution in [0.1, 0.15) is 45.6 Å². The van der Waals surface area contributed by atoms with Crippen LogP contribution in [0, 0.1) is 0 Å². The molecule has 0 atom stereocenters. The molecule has 1 fully saturated rings. The average Bonchev–Trinajstić information content (AvgIpc) is 2.32. The van der Waals surface area contributed by atoms with E-state index >= 15 is 0 Å². The van der Waals surface area contributed by atoms with E-state index in [4.69, 9.17) is 0 Å². The molecule has 1 saturated carbocycles. The fraction of sp³-hybridized carbons (Fsp3) is 0.533. The van der Waals surface area contributed by atoms with Crippen molar-refractivity contribution in [2.75, 3.05) is 0 Å². The maximum Gasteiger partial charge on any atom is 0.324 e. The highest BCUT2D eigenvalue weighted by atomic mass is 32.2. The first-order valence-electron chi connectivity index (χ1n) is 6.95. The summed E-state index contributed by atoms with van der Waals surface area (Å²) in [5.74, 6) is -1.11. The Bertz CT molecular complexity index is 637. The first kappa shape index (κ1) is 16.0. The molecule has 0 unspecified atom stereocenters. The highest BCUT2D eigenvalue weighted by Crippen LogP contribution is 2.34. The van der Waals surface area contributed by atoms with Crippen LogP contribution in [0.5, 0.6) is 0 Å². The molecular formula is C15H21NO4S. The maximum atomic E-state index is 12.3. The molecule has 0 spiro atoms. The van der Waals surface area contributed by atoms with E-state index in [1.165, 1.54) is 12.1 Å². The van der Waals surface area contributed by atoms with Gasteiger partial charge in [-0.05, 0) is 42.4 Å². The Kier molecular flexibility index (Phi) is 3.88. The summed E-state index contributed by atoms with van der Waals surface area (Å²) < 4.78 is 27.0. The largest absolute Gasteiger partial charge is 0.480 e. The maximum absolute atomic E-state index is 12.3. The van der Waals surface area contributed by atoms with Gasteiger partial charge in [-0.1, -0.05) is 32.9 Å². The van der Waals surface area contributed by atoms with Crippen molar-refractivity contribution >= 4 is 16.0 Å². The summed E-state index contributed by atoms with van der Waals surface area (Å²) in [4.78, 5) is 11.4. The molecule has 0 radical (unpaired) electrons. The van der Waals surface area contributed by atoms with Crippen LogP contribution in [-0.2, 0) is 20.2 Å². The molecule has 1 aliphatic rings. The summed E-state index contributed by atoms with van der Waals surface area (Å²) in [6.45, 7) is 6.13. The van der Waals surface area contributed by atoms with E-state index in [0.717, 1.165) is 12.0 Å². The molecule has 6 heteroatoms. The number of hydrogen-bond donors (Lipinski definition) is 2. The Hall–Kier alpha value is -1.40. The highest BCUT2D eigenvalue weighted by molar-refractivity contribution is 7.89. The van der Waals surface area contributed by atoms with E-state index in [2.05, 4.69) is 4.72 Å². The normalized spacial score (nSPS) is 18.0. The molecular weight excluding hydrogens is 290 g/mol. The Morgan fingerprint density at radius 3 is 2.05 bits per heavy atom. The van der Waals surface area contributed by atoms with Crippen molar-refractivity contribution < 1.29 is 18.3 Å². The Labute approximate surface area is 125 Å². The number of carbonyl (C=O) groups is 1.